The largest absolute Gasteiger partial charge is 0.340 e. The summed E-state index contributed by atoms with van der Waals surface area (Å²) in [6.07, 6.45) is 8.78. The Balaban J connectivity index is 2.22. The molecule has 3 heteroatoms. The van der Waals surface area contributed by atoms with Crippen molar-refractivity contribution in [2.75, 3.05) is 6.54 Å². The van der Waals surface area contributed by atoms with E-state index in [4.69, 9.17) is 0 Å². The fourth-order valence-electron chi connectivity index (χ4n) is 5.06. The molecule has 4 atom stereocenters. The van der Waals surface area contributed by atoms with E-state index < -0.39 is 0 Å². The van der Waals surface area contributed by atoms with E-state index in [2.05, 4.69) is 47.4 Å². The van der Waals surface area contributed by atoms with Crippen molar-refractivity contribution in [1.29, 1.82) is 0 Å². The fraction of sp³-hybridized carbons (Fsp3) is 0.950. The van der Waals surface area contributed by atoms with Gasteiger partial charge in [-0.3, -0.25) is 4.79 Å². The standard InChI is InChI=1S/C20H38BNO/c1-14(2)20(5)12-16-10-11-22(15(3)4)19(23)18(16)9-7-6-8-17(21)13-20/h14-18H,6-13,21H2,1-5H3. The molecule has 0 bridgehead atoms. The molecule has 0 N–H and O–H groups in total. The Morgan fingerprint density at radius 2 is 1.74 bits per heavy atom. The Kier molecular flexibility index (Phi) is 6.25. The highest BCUT2D eigenvalue weighted by molar-refractivity contribution is 6.11. The average molecular weight is 319 g/mol. The van der Waals surface area contributed by atoms with E-state index in [9.17, 15) is 4.79 Å². The summed E-state index contributed by atoms with van der Waals surface area (Å²) in [4.78, 5) is 15.2. The molecule has 4 unspecified atom stereocenters. The van der Waals surface area contributed by atoms with Crippen LogP contribution in [-0.2, 0) is 4.79 Å². The molecule has 132 valence electrons. The van der Waals surface area contributed by atoms with Crippen LogP contribution in [0, 0.1) is 23.2 Å². The second-order valence-corrected chi connectivity index (χ2v) is 9.39. The molecule has 1 saturated heterocycles. The minimum Gasteiger partial charge on any atom is -0.340 e. The topological polar surface area (TPSA) is 20.3 Å². The molecule has 0 aromatic carbocycles. The van der Waals surface area contributed by atoms with Gasteiger partial charge in [0.2, 0.25) is 5.91 Å². The van der Waals surface area contributed by atoms with Crippen LogP contribution >= 0.6 is 0 Å². The normalized spacial score (nSPS) is 37.1. The van der Waals surface area contributed by atoms with Crippen LogP contribution in [0.2, 0.25) is 5.82 Å². The molecule has 1 heterocycles. The van der Waals surface area contributed by atoms with E-state index in [-0.39, 0.29) is 5.92 Å². The first kappa shape index (κ1) is 18.9. The molecule has 0 aromatic heterocycles. The van der Waals surface area contributed by atoms with Crippen LogP contribution in [0.25, 0.3) is 0 Å². The van der Waals surface area contributed by atoms with Gasteiger partial charge in [0.05, 0.1) is 0 Å². The monoisotopic (exact) mass is 319 g/mol. The molecule has 1 aliphatic heterocycles. The van der Waals surface area contributed by atoms with Gasteiger partial charge in [-0.2, -0.15) is 0 Å². The van der Waals surface area contributed by atoms with E-state index in [1.807, 2.05) is 0 Å². The zero-order valence-corrected chi connectivity index (χ0v) is 16.4. The van der Waals surface area contributed by atoms with Gasteiger partial charge in [0.25, 0.3) is 0 Å². The zero-order chi connectivity index (χ0) is 17.2. The SMILES string of the molecule is BC1CCCCC2C(=O)N(C(C)C)CCC2CC(C)(C(C)C)C1. The number of fused-ring (bicyclic) bond motifs is 1. The average Bonchev–Trinajstić information content (AvgIpc) is 2.44. The predicted molar refractivity (Wildman–Crippen MR) is 101 cm³/mol. The molecule has 1 amide bonds. The zero-order valence-electron chi connectivity index (χ0n) is 16.4. The van der Waals surface area contributed by atoms with Crippen molar-refractivity contribution >= 4 is 13.8 Å². The lowest BCUT2D eigenvalue weighted by atomic mass is 9.60. The molecular formula is C20H38BNO. The van der Waals surface area contributed by atoms with Crippen LogP contribution in [0.3, 0.4) is 0 Å². The molecule has 0 aromatic rings. The lowest BCUT2D eigenvalue weighted by molar-refractivity contribution is -0.144. The number of piperidine rings is 1. The first-order valence-corrected chi connectivity index (χ1v) is 10.0. The Morgan fingerprint density at radius 1 is 1.09 bits per heavy atom. The van der Waals surface area contributed by atoms with Crippen molar-refractivity contribution in [2.45, 2.75) is 91.4 Å². The van der Waals surface area contributed by atoms with E-state index >= 15 is 0 Å². The Bertz CT molecular complexity index is 408. The van der Waals surface area contributed by atoms with E-state index in [0.29, 0.717) is 29.2 Å². The smallest absolute Gasteiger partial charge is 0.226 e. The minimum absolute atomic E-state index is 0.289. The van der Waals surface area contributed by atoms with E-state index in [0.717, 1.165) is 18.8 Å². The molecule has 0 radical (unpaired) electrons. The predicted octanol–water partition coefficient (Wildman–Crippen LogP) is 4.30. The van der Waals surface area contributed by atoms with Crippen LogP contribution in [0.15, 0.2) is 0 Å². The summed E-state index contributed by atoms with van der Waals surface area (Å²) in [7, 11) is 2.44. The van der Waals surface area contributed by atoms with Crippen LogP contribution in [-0.4, -0.2) is 31.2 Å². The summed E-state index contributed by atoms with van der Waals surface area (Å²) in [5.41, 5.74) is 0.389. The molecule has 2 aliphatic rings. The van der Waals surface area contributed by atoms with E-state index in [1.165, 1.54) is 38.5 Å². The first-order chi connectivity index (χ1) is 10.7. The molecule has 0 spiro atoms. The van der Waals surface area contributed by atoms with Gasteiger partial charge in [-0.25, -0.2) is 0 Å². The number of rotatable bonds is 2. The van der Waals surface area contributed by atoms with Crippen molar-refractivity contribution in [3.05, 3.63) is 0 Å². The summed E-state index contributed by atoms with van der Waals surface area (Å²) in [6, 6.07) is 0.357. The fourth-order valence-corrected chi connectivity index (χ4v) is 5.06. The third kappa shape index (κ3) is 4.34. The maximum Gasteiger partial charge on any atom is 0.226 e. The van der Waals surface area contributed by atoms with Crippen LogP contribution in [0.1, 0.15) is 79.6 Å². The highest BCUT2D eigenvalue weighted by Crippen LogP contribution is 2.47. The van der Waals surface area contributed by atoms with Crippen molar-refractivity contribution in [1.82, 2.24) is 4.90 Å². The van der Waals surface area contributed by atoms with Crippen LogP contribution in [0.5, 0.6) is 0 Å². The number of hydrogen-bond donors (Lipinski definition) is 0. The third-order valence-electron chi connectivity index (χ3n) is 6.93. The maximum absolute atomic E-state index is 13.0. The van der Waals surface area contributed by atoms with Gasteiger partial charge < -0.3 is 4.90 Å². The lowest BCUT2D eigenvalue weighted by Crippen LogP contribution is -2.50. The number of likely N-dealkylation sites (tertiary alicyclic amines) is 1. The van der Waals surface area contributed by atoms with E-state index in [1.54, 1.807) is 0 Å². The molecule has 1 saturated carbocycles. The summed E-state index contributed by atoms with van der Waals surface area (Å²) < 4.78 is 0. The van der Waals surface area contributed by atoms with Crippen LogP contribution in [0.4, 0.5) is 0 Å². The van der Waals surface area contributed by atoms with Gasteiger partial charge in [0, 0.05) is 18.5 Å². The second kappa shape index (κ2) is 7.61. The van der Waals surface area contributed by atoms with Crippen molar-refractivity contribution < 1.29 is 4.79 Å². The summed E-state index contributed by atoms with van der Waals surface area (Å²) >= 11 is 0. The quantitative estimate of drug-likeness (QED) is 0.695. The number of nitrogens with zero attached hydrogens (tertiary/aromatic N) is 1. The lowest BCUT2D eigenvalue weighted by Gasteiger charge is -2.46. The van der Waals surface area contributed by atoms with Gasteiger partial charge in [0.15, 0.2) is 0 Å². The van der Waals surface area contributed by atoms with Gasteiger partial charge in [-0.05, 0) is 50.4 Å². The molecular weight excluding hydrogens is 281 g/mol. The number of amides is 1. The second-order valence-electron chi connectivity index (χ2n) is 9.39. The van der Waals surface area contributed by atoms with Crippen LogP contribution < -0.4 is 0 Å². The highest BCUT2D eigenvalue weighted by Gasteiger charge is 2.42. The van der Waals surface area contributed by atoms with Crippen molar-refractivity contribution in [3.63, 3.8) is 0 Å². The number of hydrogen-bond acceptors (Lipinski definition) is 1. The van der Waals surface area contributed by atoms with Crippen molar-refractivity contribution in [2.24, 2.45) is 23.2 Å². The highest BCUT2D eigenvalue weighted by atomic mass is 16.2. The van der Waals surface area contributed by atoms with Gasteiger partial charge >= 0.3 is 0 Å². The molecule has 1 aliphatic carbocycles. The van der Waals surface area contributed by atoms with Crippen molar-refractivity contribution in [3.8, 4) is 0 Å². The number of carbonyl (C=O) groups excluding carboxylic acids is 1. The number of carbonyl (C=O) groups is 1. The first-order valence-electron chi connectivity index (χ1n) is 10.0. The molecule has 2 rings (SSSR count). The maximum atomic E-state index is 13.0. The Hall–Kier alpha value is -0.465. The van der Waals surface area contributed by atoms with Gasteiger partial charge in [-0.15, -0.1) is 0 Å². The van der Waals surface area contributed by atoms with Gasteiger partial charge in [0.1, 0.15) is 7.85 Å². The Morgan fingerprint density at radius 3 is 2.35 bits per heavy atom. The summed E-state index contributed by atoms with van der Waals surface area (Å²) in [5.74, 6) is 2.87. The molecule has 2 nitrogen and oxygen atoms in total. The summed E-state index contributed by atoms with van der Waals surface area (Å²) in [6.45, 7) is 12.6. The molecule has 2 fully saturated rings. The van der Waals surface area contributed by atoms with Gasteiger partial charge in [-0.1, -0.05) is 52.3 Å². The Labute approximate surface area is 145 Å². The molecule has 23 heavy (non-hydrogen) atoms. The minimum atomic E-state index is 0.289. The summed E-state index contributed by atoms with van der Waals surface area (Å²) in [5, 5.41) is 0. The third-order valence-corrected chi connectivity index (χ3v) is 6.93.